The van der Waals surface area contributed by atoms with E-state index in [2.05, 4.69) is 86.3 Å². The van der Waals surface area contributed by atoms with Crippen LogP contribution in [0.5, 0.6) is 0 Å². The van der Waals surface area contributed by atoms with Gasteiger partial charge in [-0.1, -0.05) is 78.4 Å². The van der Waals surface area contributed by atoms with Crippen molar-refractivity contribution in [3.05, 3.63) is 216 Å². The maximum absolute atomic E-state index is 13.5. The molecule has 0 saturated heterocycles. The van der Waals surface area contributed by atoms with Gasteiger partial charge in [-0.2, -0.15) is 0 Å². The van der Waals surface area contributed by atoms with Crippen molar-refractivity contribution in [3.63, 3.8) is 0 Å². The van der Waals surface area contributed by atoms with Crippen LogP contribution in [0.15, 0.2) is 89.8 Å². The van der Waals surface area contributed by atoms with Crippen LogP contribution in [-0.2, 0) is 44.9 Å². The first kappa shape index (κ1) is 37.7. The average Bonchev–Trinajstić information content (AvgIpc) is 3.87. The zero-order valence-corrected chi connectivity index (χ0v) is 28.2. The van der Waals surface area contributed by atoms with Gasteiger partial charge in [0.1, 0.15) is 0 Å². The third-order valence-electron chi connectivity index (χ3n) is 6.67. The van der Waals surface area contributed by atoms with Crippen LogP contribution in [0, 0.1) is 132 Å². The van der Waals surface area contributed by atoms with Crippen LogP contribution in [0.25, 0.3) is 0 Å². The molecule has 4 aliphatic carbocycles. The first-order valence-corrected chi connectivity index (χ1v) is 16.5. The number of hydrogen-bond acceptors (Lipinski definition) is 1. The summed E-state index contributed by atoms with van der Waals surface area (Å²) in [5.74, 6) is 2.23. The van der Waals surface area contributed by atoms with Gasteiger partial charge in [-0.3, -0.25) is 4.21 Å². The van der Waals surface area contributed by atoms with Crippen molar-refractivity contribution < 1.29 is 38.3 Å². The summed E-state index contributed by atoms with van der Waals surface area (Å²) in [4.78, 5) is 0.838. The fraction of sp³-hybridized carbons (Fsp3) is 0.0256. The summed E-state index contributed by atoms with van der Waals surface area (Å²) in [6.45, 7) is 2.05. The summed E-state index contributed by atoms with van der Waals surface area (Å²) in [7, 11) is -1.95. The Morgan fingerprint density at radius 2 is 0.909 bits per heavy atom. The van der Waals surface area contributed by atoms with Crippen molar-refractivity contribution in [1.82, 2.24) is 0 Å². The van der Waals surface area contributed by atoms with E-state index in [-0.39, 0.29) is 34.1 Å². The summed E-state index contributed by atoms with van der Waals surface area (Å²) in [5, 5.41) is 3.50. The van der Waals surface area contributed by atoms with Crippen LogP contribution in [0.3, 0.4) is 0 Å². The maximum atomic E-state index is 13.5. The second kappa shape index (κ2) is 20.5. The van der Waals surface area contributed by atoms with Gasteiger partial charge in [-0.05, 0) is 140 Å². The van der Waals surface area contributed by atoms with E-state index in [9.17, 15) is 4.21 Å². The summed E-state index contributed by atoms with van der Waals surface area (Å²) in [6.07, 6.45) is 32.6. The molecule has 0 aromatic heterocycles. The number of benzene rings is 3. The summed E-state index contributed by atoms with van der Waals surface area (Å²) in [6, 6.07) is 29.4. The van der Waals surface area contributed by atoms with Gasteiger partial charge in [0.25, 0.3) is 0 Å². The van der Waals surface area contributed by atoms with Crippen LogP contribution in [0.4, 0.5) is 0 Å². The minimum absolute atomic E-state index is 0. The molecule has 1 nitrogen and oxygen atoms in total. The van der Waals surface area contributed by atoms with Gasteiger partial charge in [0.05, 0.1) is 16.0 Å². The zero-order chi connectivity index (χ0) is 29.0. The smallest absolute Gasteiger partial charge is 0.254 e. The second-order valence-electron chi connectivity index (χ2n) is 9.64. The molecule has 3 aromatic carbocycles. The van der Waals surface area contributed by atoms with E-state index in [1.807, 2.05) is 108 Å². The van der Waals surface area contributed by atoms with Gasteiger partial charge in [0.15, 0.2) is 0 Å². The quantitative estimate of drug-likeness (QED) is 0.191. The molecule has 0 amide bonds. The van der Waals surface area contributed by atoms with E-state index < -0.39 is 18.7 Å². The van der Waals surface area contributed by atoms with Crippen molar-refractivity contribution in [1.29, 1.82) is 0 Å². The van der Waals surface area contributed by atoms with E-state index in [0.717, 1.165) is 16.1 Å². The van der Waals surface area contributed by atoms with Crippen LogP contribution in [-0.4, -0.2) is 4.21 Å². The number of rotatable bonds is 6. The Hall–Kier alpha value is -0.721. The van der Waals surface area contributed by atoms with Gasteiger partial charge in [0.2, 0.25) is 0 Å². The fourth-order valence-corrected chi connectivity index (χ4v) is 8.32. The normalized spacial score (nSPS) is 19.8. The van der Waals surface area contributed by atoms with E-state index >= 15 is 0 Å². The molecule has 4 fully saturated rings. The van der Waals surface area contributed by atoms with E-state index in [1.165, 1.54) is 27.7 Å². The standard InChI is InChI=1S/C29H23OPS.2C5H5.2Fe/c1-22-18-20-25(21-19-22)32(30)29-17-9-15-27(29)26-14-8-16-28(26)31(23-10-4-2-5-11-23)24-12-6-3-7-13-24;2*1-2-4-5-3-1;;/h2-21H,1H3;2*1-5H;;/q;;;2*+2/t32-;;;;/m0..../s1. The van der Waals surface area contributed by atoms with Gasteiger partial charge in [-0.25, -0.2) is 0 Å². The Bertz CT molecular complexity index is 1130. The van der Waals surface area contributed by atoms with Gasteiger partial charge >= 0.3 is 34.1 Å². The Balaban J connectivity index is 0.000000374. The molecule has 0 unspecified atom stereocenters. The summed E-state index contributed by atoms with van der Waals surface area (Å²) in [5.41, 5.74) is 2.47. The average molecular weight is 692 g/mol. The van der Waals surface area contributed by atoms with Crippen LogP contribution < -0.4 is 10.6 Å². The topological polar surface area (TPSA) is 17.1 Å². The third kappa shape index (κ3) is 10.7. The number of hydrogen-bond donors (Lipinski definition) is 0. The molecule has 4 saturated carbocycles. The molecule has 0 aliphatic heterocycles. The van der Waals surface area contributed by atoms with Crippen LogP contribution in [0.1, 0.15) is 5.56 Å². The minimum Gasteiger partial charge on any atom is -0.254 e. The minimum atomic E-state index is -1.22. The molecule has 44 heavy (non-hydrogen) atoms. The maximum Gasteiger partial charge on any atom is 2.00 e. The first-order chi connectivity index (χ1) is 20.7. The molecule has 0 heterocycles. The van der Waals surface area contributed by atoms with E-state index in [0.29, 0.717) is 0 Å². The Morgan fingerprint density at radius 3 is 1.39 bits per heavy atom. The second-order valence-corrected chi connectivity index (χ2v) is 13.3. The molecule has 1 atom stereocenters. The predicted octanol–water partition coefficient (Wildman–Crippen LogP) is 7.74. The molecule has 218 valence electrons. The Labute approximate surface area is 293 Å². The zero-order valence-electron chi connectivity index (χ0n) is 24.3. The van der Waals surface area contributed by atoms with Crippen molar-refractivity contribution in [2.75, 3.05) is 0 Å². The predicted molar refractivity (Wildman–Crippen MR) is 178 cm³/mol. The molecule has 20 radical (unpaired) electrons. The SMILES string of the molecule is Cc1ccc([S@](=O)[C]2[CH][CH][CH][C]2[C]2[CH][CH][CH][C]2P(c2ccccc2)c2ccccc2)cc1.[CH]1[CH][CH][CH][CH]1.[CH]1[CH][CH][CH][CH]1.[Fe+2].[Fe+2]. The van der Waals surface area contributed by atoms with Gasteiger partial charge in [-0.15, -0.1) is 0 Å². The summed E-state index contributed by atoms with van der Waals surface area (Å²) < 4.78 is 13.5. The molecule has 0 bridgehead atoms. The Morgan fingerprint density at radius 1 is 0.477 bits per heavy atom. The van der Waals surface area contributed by atoms with Crippen molar-refractivity contribution in [2.45, 2.75) is 11.8 Å². The molecule has 0 spiro atoms. The summed E-state index contributed by atoms with van der Waals surface area (Å²) >= 11 is 0. The molecular weight excluding hydrogens is 659 g/mol. The molecule has 4 aliphatic rings. The largest absolute Gasteiger partial charge is 2.00 e. The fourth-order valence-electron chi connectivity index (χ4n) is 4.63. The molecule has 3 aromatic rings. The van der Waals surface area contributed by atoms with Gasteiger partial charge < -0.3 is 0 Å². The Kier molecular flexibility index (Phi) is 17.6. The molecule has 7 rings (SSSR count). The first-order valence-electron chi connectivity index (χ1n) is 14.0. The molecular formula is C39H33Fe2OPS+4. The monoisotopic (exact) mass is 692 g/mol. The van der Waals surface area contributed by atoms with Crippen molar-refractivity contribution in [2.24, 2.45) is 0 Å². The van der Waals surface area contributed by atoms with Crippen LogP contribution >= 0.6 is 7.92 Å². The van der Waals surface area contributed by atoms with Crippen molar-refractivity contribution in [3.8, 4) is 0 Å². The third-order valence-corrected chi connectivity index (χ3v) is 10.6. The van der Waals surface area contributed by atoms with Crippen molar-refractivity contribution >= 4 is 29.3 Å². The van der Waals surface area contributed by atoms with Gasteiger partial charge in [0, 0.05) is 22.4 Å². The van der Waals surface area contributed by atoms with E-state index in [1.54, 1.807) is 0 Å². The molecule has 5 heteroatoms. The van der Waals surface area contributed by atoms with Crippen LogP contribution in [0.2, 0.25) is 0 Å². The molecule has 0 N–H and O–H groups in total. The van der Waals surface area contributed by atoms with E-state index in [4.69, 9.17) is 0 Å². The number of aryl methyl sites for hydroxylation is 1.